The first-order valence-corrected chi connectivity index (χ1v) is 8.09. The van der Waals surface area contributed by atoms with Crippen molar-refractivity contribution in [3.05, 3.63) is 0 Å². The van der Waals surface area contributed by atoms with Crippen molar-refractivity contribution in [3.63, 3.8) is 0 Å². The Hall–Kier alpha value is -0.0800. The van der Waals surface area contributed by atoms with Crippen LogP contribution in [0.3, 0.4) is 0 Å². The second-order valence-electron chi connectivity index (χ2n) is 7.42. The van der Waals surface area contributed by atoms with Crippen LogP contribution < -0.4 is 5.32 Å². The standard InChI is InChI=1S/C16H30N2/c1-12-5-8-15(13(12)2)18-10-4-9-17-16(3,11-18)14-6-7-14/h12-15,17H,4-11H2,1-3H3. The summed E-state index contributed by atoms with van der Waals surface area (Å²) in [6, 6.07) is 0.859. The molecule has 1 saturated heterocycles. The highest BCUT2D eigenvalue weighted by Crippen LogP contribution is 2.42. The van der Waals surface area contributed by atoms with Crippen molar-refractivity contribution >= 4 is 0 Å². The maximum Gasteiger partial charge on any atom is 0.0308 e. The highest BCUT2D eigenvalue weighted by molar-refractivity contribution is 5.02. The summed E-state index contributed by atoms with van der Waals surface area (Å²) in [5, 5.41) is 3.86. The third kappa shape index (κ3) is 2.34. The Morgan fingerprint density at radius 1 is 1.11 bits per heavy atom. The van der Waals surface area contributed by atoms with Crippen molar-refractivity contribution in [2.45, 2.75) is 64.5 Å². The highest BCUT2D eigenvalue weighted by Gasteiger charge is 2.45. The summed E-state index contributed by atoms with van der Waals surface area (Å²) in [6.07, 6.45) is 7.11. The van der Waals surface area contributed by atoms with E-state index in [1.54, 1.807) is 0 Å². The monoisotopic (exact) mass is 250 g/mol. The normalized spacial score (nSPS) is 47.2. The molecule has 0 bridgehead atoms. The van der Waals surface area contributed by atoms with E-state index < -0.39 is 0 Å². The molecule has 0 aromatic heterocycles. The topological polar surface area (TPSA) is 15.3 Å². The summed E-state index contributed by atoms with van der Waals surface area (Å²) in [5.74, 6) is 2.78. The molecule has 18 heavy (non-hydrogen) atoms. The zero-order valence-corrected chi connectivity index (χ0v) is 12.4. The van der Waals surface area contributed by atoms with Crippen molar-refractivity contribution in [1.82, 2.24) is 10.2 Å². The highest BCUT2D eigenvalue weighted by atomic mass is 15.2. The molecule has 2 heteroatoms. The van der Waals surface area contributed by atoms with E-state index in [2.05, 4.69) is 31.0 Å². The summed E-state index contributed by atoms with van der Waals surface area (Å²) >= 11 is 0. The zero-order chi connectivity index (χ0) is 12.8. The van der Waals surface area contributed by atoms with Crippen LogP contribution in [-0.4, -0.2) is 36.1 Å². The Balaban J connectivity index is 1.71. The smallest absolute Gasteiger partial charge is 0.0308 e. The first-order chi connectivity index (χ1) is 8.60. The quantitative estimate of drug-likeness (QED) is 0.811. The first kappa shape index (κ1) is 12.9. The second kappa shape index (κ2) is 4.79. The summed E-state index contributed by atoms with van der Waals surface area (Å²) < 4.78 is 0. The van der Waals surface area contributed by atoms with E-state index in [0.717, 1.165) is 23.8 Å². The molecular weight excluding hydrogens is 220 g/mol. The van der Waals surface area contributed by atoms with E-state index in [1.165, 1.54) is 51.7 Å². The van der Waals surface area contributed by atoms with Crippen LogP contribution in [0.4, 0.5) is 0 Å². The van der Waals surface area contributed by atoms with Crippen LogP contribution >= 0.6 is 0 Å². The average molecular weight is 250 g/mol. The number of nitrogens with one attached hydrogen (secondary N) is 1. The van der Waals surface area contributed by atoms with Gasteiger partial charge in [0.1, 0.15) is 0 Å². The third-order valence-electron chi connectivity index (χ3n) is 6.05. The van der Waals surface area contributed by atoms with Crippen molar-refractivity contribution in [3.8, 4) is 0 Å². The molecule has 104 valence electrons. The van der Waals surface area contributed by atoms with Crippen LogP contribution in [-0.2, 0) is 0 Å². The van der Waals surface area contributed by atoms with Gasteiger partial charge in [-0.1, -0.05) is 13.8 Å². The summed E-state index contributed by atoms with van der Waals surface area (Å²) in [7, 11) is 0. The number of nitrogens with zero attached hydrogens (tertiary/aromatic N) is 1. The molecule has 1 heterocycles. The molecule has 2 nitrogen and oxygen atoms in total. The van der Waals surface area contributed by atoms with Crippen LogP contribution in [0.5, 0.6) is 0 Å². The lowest BCUT2D eigenvalue weighted by Gasteiger charge is -2.38. The molecular formula is C16H30N2. The molecule has 0 radical (unpaired) electrons. The predicted molar refractivity (Wildman–Crippen MR) is 76.7 cm³/mol. The van der Waals surface area contributed by atoms with E-state index >= 15 is 0 Å². The fourth-order valence-corrected chi connectivity index (χ4v) is 4.34. The Morgan fingerprint density at radius 3 is 2.50 bits per heavy atom. The van der Waals surface area contributed by atoms with Crippen LogP contribution in [0, 0.1) is 17.8 Å². The summed E-state index contributed by atoms with van der Waals surface area (Å²) in [6.45, 7) is 11.2. The molecule has 0 amide bonds. The van der Waals surface area contributed by atoms with Gasteiger partial charge in [-0.05, 0) is 69.9 Å². The largest absolute Gasteiger partial charge is 0.310 e. The van der Waals surface area contributed by atoms with Gasteiger partial charge in [-0.2, -0.15) is 0 Å². The molecule has 2 aliphatic carbocycles. The average Bonchev–Trinajstić information content (AvgIpc) is 3.13. The van der Waals surface area contributed by atoms with Gasteiger partial charge in [0, 0.05) is 18.1 Å². The van der Waals surface area contributed by atoms with Gasteiger partial charge in [0.15, 0.2) is 0 Å². The minimum absolute atomic E-state index is 0.405. The third-order valence-corrected chi connectivity index (χ3v) is 6.05. The van der Waals surface area contributed by atoms with Gasteiger partial charge < -0.3 is 5.32 Å². The van der Waals surface area contributed by atoms with Crippen LogP contribution in [0.2, 0.25) is 0 Å². The molecule has 0 spiro atoms. The van der Waals surface area contributed by atoms with Crippen LogP contribution in [0.15, 0.2) is 0 Å². The Bertz CT molecular complexity index is 299. The van der Waals surface area contributed by atoms with E-state index in [9.17, 15) is 0 Å². The Kier molecular flexibility index (Phi) is 3.44. The maximum absolute atomic E-state index is 3.86. The molecule has 0 aromatic carbocycles. The molecule has 4 atom stereocenters. The summed E-state index contributed by atoms with van der Waals surface area (Å²) in [4.78, 5) is 2.84. The molecule has 0 aromatic rings. The maximum atomic E-state index is 3.86. The fourth-order valence-electron chi connectivity index (χ4n) is 4.34. The fraction of sp³-hybridized carbons (Fsp3) is 1.00. The van der Waals surface area contributed by atoms with Gasteiger partial charge in [-0.15, -0.1) is 0 Å². The predicted octanol–water partition coefficient (Wildman–Crippen LogP) is 2.89. The summed E-state index contributed by atoms with van der Waals surface area (Å²) in [5.41, 5.74) is 0.405. The minimum Gasteiger partial charge on any atom is -0.310 e. The van der Waals surface area contributed by atoms with Crippen LogP contribution in [0.25, 0.3) is 0 Å². The SMILES string of the molecule is CC1CCC(N2CCCNC(C)(C3CC3)C2)C1C. The van der Waals surface area contributed by atoms with Gasteiger partial charge in [0.2, 0.25) is 0 Å². The van der Waals surface area contributed by atoms with Gasteiger partial charge in [-0.25, -0.2) is 0 Å². The number of hydrogen-bond donors (Lipinski definition) is 1. The van der Waals surface area contributed by atoms with Gasteiger partial charge in [0.25, 0.3) is 0 Å². The lowest BCUT2D eigenvalue weighted by atomic mass is 9.92. The molecule has 2 saturated carbocycles. The van der Waals surface area contributed by atoms with Crippen molar-refractivity contribution in [1.29, 1.82) is 0 Å². The van der Waals surface area contributed by atoms with Crippen LogP contribution in [0.1, 0.15) is 52.9 Å². The van der Waals surface area contributed by atoms with Gasteiger partial charge >= 0.3 is 0 Å². The van der Waals surface area contributed by atoms with E-state index in [0.29, 0.717) is 5.54 Å². The van der Waals surface area contributed by atoms with Crippen molar-refractivity contribution in [2.24, 2.45) is 17.8 Å². The van der Waals surface area contributed by atoms with Crippen molar-refractivity contribution in [2.75, 3.05) is 19.6 Å². The molecule has 3 rings (SSSR count). The molecule has 3 fully saturated rings. The molecule has 4 unspecified atom stereocenters. The lowest BCUT2D eigenvalue weighted by Crippen LogP contribution is -2.53. The van der Waals surface area contributed by atoms with Gasteiger partial charge in [0.05, 0.1) is 0 Å². The first-order valence-electron chi connectivity index (χ1n) is 8.09. The van der Waals surface area contributed by atoms with E-state index in [4.69, 9.17) is 0 Å². The molecule has 3 aliphatic rings. The lowest BCUT2D eigenvalue weighted by molar-refractivity contribution is 0.123. The Morgan fingerprint density at radius 2 is 1.89 bits per heavy atom. The zero-order valence-electron chi connectivity index (χ0n) is 12.4. The van der Waals surface area contributed by atoms with Crippen molar-refractivity contribution < 1.29 is 0 Å². The van der Waals surface area contributed by atoms with Gasteiger partial charge in [-0.3, -0.25) is 4.90 Å². The van der Waals surface area contributed by atoms with E-state index in [1.807, 2.05) is 0 Å². The second-order valence-corrected chi connectivity index (χ2v) is 7.42. The number of hydrogen-bond acceptors (Lipinski definition) is 2. The molecule has 1 aliphatic heterocycles. The Labute approximate surface area is 113 Å². The minimum atomic E-state index is 0.405. The molecule has 1 N–H and O–H groups in total. The number of rotatable bonds is 2. The van der Waals surface area contributed by atoms with E-state index in [-0.39, 0.29) is 0 Å².